The molecule has 3 heteroatoms. The van der Waals surface area contributed by atoms with Gasteiger partial charge in [0.15, 0.2) is 0 Å². The van der Waals surface area contributed by atoms with Gasteiger partial charge in [-0.25, -0.2) is 0 Å². The number of hydrogen-bond acceptors (Lipinski definition) is 3. The zero-order valence-electron chi connectivity index (χ0n) is 7.68. The van der Waals surface area contributed by atoms with Crippen LogP contribution in [0.15, 0.2) is 30.3 Å². The Morgan fingerprint density at radius 2 is 2.00 bits per heavy atom. The third-order valence-electron chi connectivity index (χ3n) is 1.77. The van der Waals surface area contributed by atoms with E-state index in [1.807, 2.05) is 30.3 Å². The van der Waals surface area contributed by atoms with Gasteiger partial charge >= 0.3 is 0 Å². The lowest BCUT2D eigenvalue weighted by Crippen LogP contribution is -2.36. The van der Waals surface area contributed by atoms with E-state index < -0.39 is 6.10 Å². The smallest absolute Gasteiger partial charge is 0.119 e. The maximum Gasteiger partial charge on any atom is 0.119 e. The number of ether oxygens (including phenoxy) is 1. The van der Waals surface area contributed by atoms with Crippen LogP contribution >= 0.6 is 0 Å². The highest BCUT2D eigenvalue weighted by molar-refractivity contribution is 5.20. The molecule has 0 aliphatic rings. The zero-order chi connectivity index (χ0) is 9.68. The van der Waals surface area contributed by atoms with E-state index in [-0.39, 0.29) is 12.6 Å². The van der Waals surface area contributed by atoms with Crippen LogP contribution in [0.4, 0.5) is 0 Å². The molecule has 3 nitrogen and oxygen atoms in total. The average molecular weight is 181 g/mol. The van der Waals surface area contributed by atoms with Crippen LogP contribution < -0.4 is 10.5 Å². The number of para-hydroxylation sites is 1. The van der Waals surface area contributed by atoms with E-state index in [2.05, 4.69) is 0 Å². The van der Waals surface area contributed by atoms with Crippen molar-refractivity contribution >= 4 is 0 Å². The van der Waals surface area contributed by atoms with Crippen LogP contribution in [0.1, 0.15) is 6.92 Å². The zero-order valence-corrected chi connectivity index (χ0v) is 7.68. The van der Waals surface area contributed by atoms with Gasteiger partial charge < -0.3 is 15.6 Å². The van der Waals surface area contributed by atoms with Crippen molar-refractivity contribution in [3.63, 3.8) is 0 Å². The van der Waals surface area contributed by atoms with Gasteiger partial charge in [-0.2, -0.15) is 0 Å². The second kappa shape index (κ2) is 4.84. The molecule has 1 aromatic carbocycles. The molecule has 13 heavy (non-hydrogen) atoms. The lowest BCUT2D eigenvalue weighted by Gasteiger charge is -2.14. The van der Waals surface area contributed by atoms with Gasteiger partial charge in [-0.1, -0.05) is 18.2 Å². The van der Waals surface area contributed by atoms with Crippen molar-refractivity contribution in [2.75, 3.05) is 6.61 Å². The quantitative estimate of drug-likeness (QED) is 0.721. The van der Waals surface area contributed by atoms with Crippen molar-refractivity contribution in [2.45, 2.75) is 19.1 Å². The van der Waals surface area contributed by atoms with Gasteiger partial charge in [-0.15, -0.1) is 0 Å². The highest BCUT2D eigenvalue weighted by Gasteiger charge is 2.09. The minimum absolute atomic E-state index is 0.238. The summed E-state index contributed by atoms with van der Waals surface area (Å²) in [5.41, 5.74) is 5.47. The predicted octanol–water partition coefficient (Wildman–Crippen LogP) is 0.773. The number of aliphatic hydroxyl groups is 1. The van der Waals surface area contributed by atoms with Crippen LogP contribution in [-0.2, 0) is 0 Å². The third-order valence-corrected chi connectivity index (χ3v) is 1.77. The molecule has 0 aliphatic carbocycles. The SMILES string of the molecule is C[C@H](N)[C@@H](O)COc1ccccc1. The third kappa shape index (κ3) is 3.44. The lowest BCUT2D eigenvalue weighted by molar-refractivity contribution is 0.0901. The molecule has 0 saturated heterocycles. The number of benzene rings is 1. The molecule has 0 radical (unpaired) electrons. The molecule has 0 spiro atoms. The van der Waals surface area contributed by atoms with E-state index in [0.717, 1.165) is 5.75 Å². The fraction of sp³-hybridized carbons (Fsp3) is 0.400. The lowest BCUT2D eigenvalue weighted by atomic mass is 10.2. The summed E-state index contributed by atoms with van der Waals surface area (Å²) in [5.74, 6) is 0.752. The maximum absolute atomic E-state index is 9.34. The molecule has 0 heterocycles. The summed E-state index contributed by atoms with van der Waals surface area (Å²) in [4.78, 5) is 0. The van der Waals surface area contributed by atoms with Crippen molar-refractivity contribution in [1.29, 1.82) is 0 Å². The largest absolute Gasteiger partial charge is 0.491 e. The van der Waals surface area contributed by atoms with Gasteiger partial charge in [0.1, 0.15) is 18.5 Å². The van der Waals surface area contributed by atoms with E-state index >= 15 is 0 Å². The fourth-order valence-corrected chi connectivity index (χ4v) is 0.850. The van der Waals surface area contributed by atoms with Crippen LogP contribution in [0.3, 0.4) is 0 Å². The summed E-state index contributed by atoms with van der Waals surface area (Å²) < 4.78 is 5.30. The monoisotopic (exact) mass is 181 g/mol. The van der Waals surface area contributed by atoms with Crippen molar-refractivity contribution in [3.8, 4) is 5.75 Å². The van der Waals surface area contributed by atoms with Gasteiger partial charge in [0.05, 0.1) is 0 Å². The summed E-state index contributed by atoms with van der Waals surface area (Å²) in [6, 6.07) is 9.10. The first-order valence-corrected chi connectivity index (χ1v) is 4.31. The highest BCUT2D eigenvalue weighted by Crippen LogP contribution is 2.08. The first kappa shape index (κ1) is 10.0. The van der Waals surface area contributed by atoms with Crippen LogP contribution in [0.25, 0.3) is 0 Å². The Hall–Kier alpha value is -1.06. The topological polar surface area (TPSA) is 55.5 Å². The van der Waals surface area contributed by atoms with E-state index in [4.69, 9.17) is 10.5 Å². The van der Waals surface area contributed by atoms with Crippen LogP contribution in [0, 0.1) is 0 Å². The summed E-state index contributed by atoms with van der Waals surface area (Å²) >= 11 is 0. The standard InChI is InChI=1S/C10H15NO2/c1-8(11)10(12)7-13-9-5-3-2-4-6-9/h2-6,8,10,12H,7,11H2,1H3/t8-,10-/m0/s1. The van der Waals surface area contributed by atoms with Gasteiger partial charge in [0, 0.05) is 6.04 Å². The number of nitrogens with two attached hydrogens (primary N) is 1. The molecular weight excluding hydrogens is 166 g/mol. The minimum atomic E-state index is -0.611. The van der Waals surface area contributed by atoms with Gasteiger partial charge in [-0.3, -0.25) is 0 Å². The molecule has 0 saturated carbocycles. The predicted molar refractivity (Wildman–Crippen MR) is 51.6 cm³/mol. The Kier molecular flexibility index (Phi) is 3.73. The van der Waals surface area contributed by atoms with Crippen molar-refractivity contribution < 1.29 is 9.84 Å². The summed E-state index contributed by atoms with van der Waals surface area (Å²) in [5, 5.41) is 9.34. The van der Waals surface area contributed by atoms with Crippen LogP contribution in [-0.4, -0.2) is 23.9 Å². The molecular formula is C10H15NO2. The molecule has 3 N–H and O–H groups in total. The maximum atomic E-state index is 9.34. The Labute approximate surface area is 78.1 Å². The Bertz CT molecular complexity index is 236. The van der Waals surface area contributed by atoms with Crippen molar-refractivity contribution in [2.24, 2.45) is 5.73 Å². The molecule has 0 unspecified atom stereocenters. The second-order valence-electron chi connectivity index (χ2n) is 3.05. The molecule has 0 aliphatic heterocycles. The molecule has 2 atom stereocenters. The fourth-order valence-electron chi connectivity index (χ4n) is 0.850. The van der Waals surface area contributed by atoms with Crippen molar-refractivity contribution in [1.82, 2.24) is 0 Å². The molecule has 0 amide bonds. The van der Waals surface area contributed by atoms with Gasteiger partial charge in [0.25, 0.3) is 0 Å². The van der Waals surface area contributed by atoms with E-state index in [0.29, 0.717) is 0 Å². The first-order valence-electron chi connectivity index (χ1n) is 4.31. The van der Waals surface area contributed by atoms with Crippen LogP contribution in [0.5, 0.6) is 5.75 Å². The second-order valence-corrected chi connectivity index (χ2v) is 3.05. The summed E-state index contributed by atoms with van der Waals surface area (Å²) in [6.45, 7) is 1.99. The normalized spacial score (nSPS) is 15.0. The highest BCUT2D eigenvalue weighted by atomic mass is 16.5. The minimum Gasteiger partial charge on any atom is -0.491 e. The molecule has 1 aromatic rings. The average Bonchev–Trinajstić information content (AvgIpc) is 2.15. The Balaban J connectivity index is 2.35. The first-order chi connectivity index (χ1) is 6.20. The molecule has 72 valence electrons. The van der Waals surface area contributed by atoms with Gasteiger partial charge in [-0.05, 0) is 19.1 Å². The molecule has 1 rings (SSSR count). The summed E-state index contributed by atoms with van der Waals surface area (Å²) in [6.07, 6.45) is -0.611. The Morgan fingerprint density at radius 1 is 1.38 bits per heavy atom. The van der Waals surface area contributed by atoms with E-state index in [1.54, 1.807) is 6.92 Å². The molecule has 0 aromatic heterocycles. The van der Waals surface area contributed by atoms with E-state index in [9.17, 15) is 5.11 Å². The number of rotatable bonds is 4. The van der Waals surface area contributed by atoms with Gasteiger partial charge in [0.2, 0.25) is 0 Å². The Morgan fingerprint density at radius 3 is 2.54 bits per heavy atom. The molecule has 0 fully saturated rings. The molecule has 0 bridgehead atoms. The van der Waals surface area contributed by atoms with Crippen LogP contribution in [0.2, 0.25) is 0 Å². The number of aliphatic hydroxyl groups excluding tert-OH is 1. The number of hydrogen-bond donors (Lipinski definition) is 2. The summed E-state index contributed by atoms with van der Waals surface area (Å²) in [7, 11) is 0. The van der Waals surface area contributed by atoms with Crippen molar-refractivity contribution in [3.05, 3.63) is 30.3 Å². The van der Waals surface area contributed by atoms with E-state index in [1.165, 1.54) is 0 Å².